The van der Waals surface area contributed by atoms with Gasteiger partial charge >= 0.3 is 0 Å². The van der Waals surface area contributed by atoms with Gasteiger partial charge in [-0.15, -0.1) is 0 Å². The highest BCUT2D eigenvalue weighted by Gasteiger charge is 2.05. The Labute approximate surface area is 129 Å². The third-order valence-electron chi connectivity index (χ3n) is 2.82. The Morgan fingerprint density at radius 3 is 2.33 bits per heavy atom. The molecule has 110 valence electrons. The molecule has 4 heteroatoms. The van der Waals surface area contributed by atoms with E-state index in [0.29, 0.717) is 10.6 Å². The normalized spacial score (nSPS) is 10.5. The molecule has 0 aliphatic carbocycles. The van der Waals surface area contributed by atoms with Crippen molar-refractivity contribution in [1.82, 2.24) is 0 Å². The number of carbonyl (C=O) groups excluding carboxylic acids is 1. The molecule has 0 amide bonds. The van der Waals surface area contributed by atoms with Crippen molar-refractivity contribution >= 4 is 28.8 Å². The fourth-order valence-electron chi connectivity index (χ4n) is 1.92. The van der Waals surface area contributed by atoms with Crippen LogP contribution in [0.4, 0.5) is 11.4 Å². The molecule has 2 aromatic rings. The number of ether oxygens (including phenoxy) is 1. The smallest absolute Gasteiger partial charge is 0.159 e. The molecule has 0 unspecified atom stereocenters. The van der Waals surface area contributed by atoms with Crippen LogP contribution in [-0.4, -0.2) is 11.9 Å². The van der Waals surface area contributed by atoms with Crippen LogP contribution in [0.25, 0.3) is 0 Å². The first kappa shape index (κ1) is 15.4. The lowest BCUT2D eigenvalue weighted by atomic mass is 10.1. The third kappa shape index (κ3) is 4.50. The van der Waals surface area contributed by atoms with E-state index in [9.17, 15) is 4.79 Å². The van der Waals surface area contributed by atoms with Gasteiger partial charge in [0.1, 0.15) is 5.75 Å². The van der Waals surface area contributed by atoms with Crippen LogP contribution in [0.3, 0.4) is 0 Å². The summed E-state index contributed by atoms with van der Waals surface area (Å²) in [6.45, 7) is 5.50. The summed E-state index contributed by atoms with van der Waals surface area (Å²) in [5.41, 5.74) is 2.28. The molecule has 0 heterocycles. The van der Waals surface area contributed by atoms with E-state index in [1.54, 1.807) is 18.2 Å². The average molecular weight is 304 g/mol. The molecule has 0 aromatic heterocycles. The summed E-state index contributed by atoms with van der Waals surface area (Å²) in [5.74, 6) is 0.812. The van der Waals surface area contributed by atoms with Gasteiger partial charge < -0.3 is 10.1 Å². The highest BCUT2D eigenvalue weighted by molar-refractivity contribution is 6.31. The van der Waals surface area contributed by atoms with Crippen molar-refractivity contribution in [2.75, 3.05) is 5.32 Å². The summed E-state index contributed by atoms with van der Waals surface area (Å²) >= 11 is 6.03. The number of carbonyl (C=O) groups is 1. The summed E-state index contributed by atoms with van der Waals surface area (Å²) in [7, 11) is 0. The van der Waals surface area contributed by atoms with Crippen LogP contribution < -0.4 is 10.1 Å². The second kappa shape index (κ2) is 6.64. The molecule has 0 spiro atoms. The molecule has 0 bridgehead atoms. The Kier molecular flexibility index (Phi) is 4.86. The maximum atomic E-state index is 11.4. The predicted octanol–water partition coefficient (Wildman–Crippen LogP) is 5.07. The van der Waals surface area contributed by atoms with Crippen LogP contribution in [0, 0.1) is 0 Å². The lowest BCUT2D eigenvalue weighted by molar-refractivity contribution is 0.101. The van der Waals surface area contributed by atoms with E-state index in [0.717, 1.165) is 17.1 Å². The fraction of sp³-hybridized carbons (Fsp3) is 0.235. The Hall–Kier alpha value is -2.00. The van der Waals surface area contributed by atoms with Crippen LogP contribution in [0.5, 0.6) is 5.75 Å². The fourth-order valence-corrected chi connectivity index (χ4v) is 2.16. The van der Waals surface area contributed by atoms with Crippen molar-refractivity contribution in [3.05, 3.63) is 53.1 Å². The van der Waals surface area contributed by atoms with Crippen molar-refractivity contribution in [1.29, 1.82) is 0 Å². The van der Waals surface area contributed by atoms with Crippen molar-refractivity contribution < 1.29 is 9.53 Å². The van der Waals surface area contributed by atoms with Gasteiger partial charge in [0.2, 0.25) is 0 Å². The number of anilines is 2. The van der Waals surface area contributed by atoms with Gasteiger partial charge in [0.25, 0.3) is 0 Å². The lowest BCUT2D eigenvalue weighted by Gasteiger charge is -2.12. The van der Waals surface area contributed by atoms with Gasteiger partial charge in [0.05, 0.1) is 6.10 Å². The van der Waals surface area contributed by atoms with E-state index in [1.165, 1.54) is 6.92 Å². The second-order valence-corrected chi connectivity index (χ2v) is 5.54. The molecule has 0 saturated carbocycles. The molecule has 0 aliphatic rings. The zero-order chi connectivity index (χ0) is 15.4. The summed E-state index contributed by atoms with van der Waals surface area (Å²) in [4.78, 5) is 11.4. The minimum absolute atomic E-state index is 0.0127. The zero-order valence-electron chi connectivity index (χ0n) is 12.3. The lowest BCUT2D eigenvalue weighted by Crippen LogP contribution is -2.05. The molecule has 21 heavy (non-hydrogen) atoms. The first-order chi connectivity index (χ1) is 9.94. The topological polar surface area (TPSA) is 38.3 Å². The molecule has 0 radical (unpaired) electrons. The number of benzene rings is 2. The minimum atomic E-state index is -0.0127. The number of hydrogen-bond acceptors (Lipinski definition) is 3. The van der Waals surface area contributed by atoms with Gasteiger partial charge in [-0.3, -0.25) is 4.79 Å². The molecule has 0 aliphatic heterocycles. The number of halogens is 1. The van der Waals surface area contributed by atoms with Crippen molar-refractivity contribution in [2.45, 2.75) is 26.9 Å². The number of Topliss-reactive ketones (excluding diaryl/α,β-unsaturated/α-hetero) is 1. The first-order valence-corrected chi connectivity index (χ1v) is 7.17. The van der Waals surface area contributed by atoms with E-state index >= 15 is 0 Å². The Morgan fingerprint density at radius 1 is 1.10 bits per heavy atom. The SMILES string of the molecule is CC(=O)c1cc(Cl)cc(Nc2ccc(OC(C)C)cc2)c1. The summed E-state index contributed by atoms with van der Waals surface area (Å²) in [6.07, 6.45) is 0.148. The third-order valence-corrected chi connectivity index (χ3v) is 3.04. The molecule has 2 aromatic carbocycles. The van der Waals surface area contributed by atoms with E-state index < -0.39 is 0 Å². The van der Waals surface area contributed by atoms with Gasteiger partial charge in [0.15, 0.2) is 5.78 Å². The van der Waals surface area contributed by atoms with Crippen molar-refractivity contribution in [3.63, 3.8) is 0 Å². The van der Waals surface area contributed by atoms with Crippen LogP contribution in [0.15, 0.2) is 42.5 Å². The molecule has 1 N–H and O–H groups in total. The Bertz CT molecular complexity index is 636. The van der Waals surface area contributed by atoms with Crippen molar-refractivity contribution in [3.8, 4) is 5.75 Å². The summed E-state index contributed by atoms with van der Waals surface area (Å²) < 4.78 is 5.60. The van der Waals surface area contributed by atoms with Crippen LogP contribution in [-0.2, 0) is 0 Å². The molecule has 2 rings (SSSR count). The quantitative estimate of drug-likeness (QED) is 0.783. The molecule has 3 nitrogen and oxygen atoms in total. The first-order valence-electron chi connectivity index (χ1n) is 6.79. The van der Waals surface area contributed by atoms with Gasteiger partial charge in [-0.1, -0.05) is 11.6 Å². The Morgan fingerprint density at radius 2 is 1.76 bits per heavy atom. The number of rotatable bonds is 5. The maximum Gasteiger partial charge on any atom is 0.159 e. The number of nitrogens with one attached hydrogen (secondary N) is 1. The van der Waals surface area contributed by atoms with E-state index in [1.807, 2.05) is 38.1 Å². The highest BCUT2D eigenvalue weighted by atomic mass is 35.5. The monoisotopic (exact) mass is 303 g/mol. The van der Waals surface area contributed by atoms with E-state index in [2.05, 4.69) is 5.32 Å². The summed E-state index contributed by atoms with van der Waals surface area (Å²) in [6, 6.07) is 12.9. The van der Waals surface area contributed by atoms with Crippen LogP contribution in [0.2, 0.25) is 5.02 Å². The second-order valence-electron chi connectivity index (χ2n) is 5.10. The maximum absolute atomic E-state index is 11.4. The minimum Gasteiger partial charge on any atom is -0.491 e. The molecule has 0 saturated heterocycles. The van der Waals surface area contributed by atoms with Gasteiger partial charge in [0, 0.05) is 22.0 Å². The largest absolute Gasteiger partial charge is 0.491 e. The van der Waals surface area contributed by atoms with E-state index in [4.69, 9.17) is 16.3 Å². The zero-order valence-corrected chi connectivity index (χ0v) is 13.1. The van der Waals surface area contributed by atoms with Crippen molar-refractivity contribution in [2.24, 2.45) is 0 Å². The van der Waals surface area contributed by atoms with Gasteiger partial charge in [-0.05, 0) is 63.2 Å². The molecular weight excluding hydrogens is 286 g/mol. The van der Waals surface area contributed by atoms with Gasteiger partial charge in [-0.25, -0.2) is 0 Å². The predicted molar refractivity (Wildman–Crippen MR) is 86.9 cm³/mol. The van der Waals surface area contributed by atoms with E-state index in [-0.39, 0.29) is 11.9 Å². The highest BCUT2D eigenvalue weighted by Crippen LogP contribution is 2.24. The summed E-state index contributed by atoms with van der Waals surface area (Å²) in [5, 5.41) is 3.76. The standard InChI is InChI=1S/C17H18ClNO2/c1-11(2)21-17-6-4-15(5-7-17)19-16-9-13(12(3)20)8-14(18)10-16/h4-11,19H,1-3H3. The average Bonchev–Trinajstić information content (AvgIpc) is 2.39. The Balaban J connectivity index is 2.16. The van der Waals surface area contributed by atoms with Crippen LogP contribution >= 0.6 is 11.6 Å². The van der Waals surface area contributed by atoms with Gasteiger partial charge in [-0.2, -0.15) is 0 Å². The van der Waals surface area contributed by atoms with Crippen LogP contribution in [0.1, 0.15) is 31.1 Å². The molecule has 0 fully saturated rings. The number of hydrogen-bond donors (Lipinski definition) is 1. The number of ketones is 1. The molecular formula is C17H18ClNO2. The molecule has 0 atom stereocenters.